The molecule has 1 aliphatic carbocycles. The highest BCUT2D eigenvalue weighted by Crippen LogP contribution is 2.19. The number of anilines is 1. The normalized spacial score (nSPS) is 14.0. The van der Waals surface area contributed by atoms with Gasteiger partial charge < -0.3 is 10.6 Å². The number of aryl methyl sites for hydroxylation is 1. The van der Waals surface area contributed by atoms with E-state index >= 15 is 0 Å². The number of rotatable bonds is 6. The Morgan fingerprint density at radius 2 is 2.29 bits per heavy atom. The Morgan fingerprint density at radius 3 is 3.00 bits per heavy atom. The van der Waals surface area contributed by atoms with Crippen LogP contribution in [0.2, 0.25) is 0 Å². The highest BCUT2D eigenvalue weighted by atomic mass is 32.1. The van der Waals surface area contributed by atoms with Crippen LogP contribution in [0.1, 0.15) is 33.3 Å². The molecule has 1 aliphatic rings. The Bertz CT molecular complexity index is 638. The summed E-state index contributed by atoms with van der Waals surface area (Å²) in [5, 5.41) is 16.3. The molecule has 0 saturated heterocycles. The molecule has 0 unspecified atom stereocenters. The van der Waals surface area contributed by atoms with Gasteiger partial charge in [-0.15, -0.1) is 21.5 Å². The van der Waals surface area contributed by atoms with E-state index in [0.717, 1.165) is 41.5 Å². The first-order chi connectivity index (χ1) is 10.2. The Balaban J connectivity index is 1.54. The molecule has 2 aromatic heterocycles. The molecular formula is C14H17N5OS. The van der Waals surface area contributed by atoms with Gasteiger partial charge in [-0.2, -0.15) is 0 Å². The third-order valence-electron chi connectivity index (χ3n) is 3.14. The van der Waals surface area contributed by atoms with Gasteiger partial charge in [0.1, 0.15) is 15.7 Å². The van der Waals surface area contributed by atoms with Gasteiger partial charge in [-0.25, -0.2) is 0 Å². The van der Waals surface area contributed by atoms with Crippen molar-refractivity contribution in [2.45, 2.75) is 32.2 Å². The number of amides is 1. The zero-order valence-electron chi connectivity index (χ0n) is 11.8. The largest absolute Gasteiger partial charge is 0.385 e. The summed E-state index contributed by atoms with van der Waals surface area (Å²) >= 11 is 1.61. The molecular weight excluding hydrogens is 286 g/mol. The molecule has 6 nitrogen and oxygen atoms in total. The third kappa shape index (κ3) is 3.98. The number of nitrogens with one attached hydrogen (secondary N) is 2. The predicted molar refractivity (Wildman–Crippen MR) is 81.6 cm³/mol. The van der Waals surface area contributed by atoms with E-state index in [9.17, 15) is 4.79 Å². The average molecular weight is 303 g/mol. The minimum Gasteiger partial charge on any atom is -0.385 e. The molecule has 2 N–H and O–H groups in total. The maximum absolute atomic E-state index is 11.9. The van der Waals surface area contributed by atoms with Gasteiger partial charge in [0.2, 0.25) is 0 Å². The molecule has 1 saturated carbocycles. The monoisotopic (exact) mass is 303 g/mol. The van der Waals surface area contributed by atoms with E-state index in [0.29, 0.717) is 11.7 Å². The van der Waals surface area contributed by atoms with Crippen molar-refractivity contribution >= 4 is 22.9 Å². The van der Waals surface area contributed by atoms with Crippen molar-refractivity contribution in [3.05, 3.63) is 34.0 Å². The minimum absolute atomic E-state index is 0.0964. The second-order valence-corrected chi connectivity index (χ2v) is 6.34. The highest BCUT2D eigenvalue weighted by molar-refractivity contribution is 7.11. The lowest BCUT2D eigenvalue weighted by Gasteiger charge is -2.07. The van der Waals surface area contributed by atoms with E-state index in [1.54, 1.807) is 23.6 Å². The summed E-state index contributed by atoms with van der Waals surface area (Å²) in [5.74, 6) is -0.0964. The zero-order valence-corrected chi connectivity index (χ0v) is 12.6. The zero-order chi connectivity index (χ0) is 14.7. The van der Waals surface area contributed by atoms with E-state index < -0.39 is 0 Å². The molecule has 7 heteroatoms. The van der Waals surface area contributed by atoms with Gasteiger partial charge in [-0.05, 0) is 31.9 Å². The van der Waals surface area contributed by atoms with Crippen LogP contribution in [-0.2, 0) is 6.42 Å². The van der Waals surface area contributed by atoms with E-state index in [1.165, 1.54) is 0 Å². The van der Waals surface area contributed by atoms with E-state index in [2.05, 4.69) is 25.8 Å². The van der Waals surface area contributed by atoms with Crippen LogP contribution in [0.15, 0.2) is 18.3 Å². The fraction of sp³-hybridized carbons (Fsp3) is 0.429. The van der Waals surface area contributed by atoms with Gasteiger partial charge in [0.05, 0.1) is 0 Å². The van der Waals surface area contributed by atoms with Crippen molar-refractivity contribution in [1.82, 2.24) is 20.5 Å². The average Bonchev–Trinajstić information content (AvgIpc) is 3.20. The summed E-state index contributed by atoms with van der Waals surface area (Å²) in [4.78, 5) is 16.0. The van der Waals surface area contributed by atoms with Crippen LogP contribution in [0.25, 0.3) is 0 Å². The summed E-state index contributed by atoms with van der Waals surface area (Å²) in [5.41, 5.74) is 1.35. The fourth-order valence-electron chi connectivity index (χ4n) is 1.90. The van der Waals surface area contributed by atoms with Gasteiger partial charge in [0.25, 0.3) is 5.91 Å². The molecule has 0 aromatic carbocycles. The lowest BCUT2D eigenvalue weighted by molar-refractivity contribution is 0.0946. The van der Waals surface area contributed by atoms with Crippen LogP contribution in [0.4, 0.5) is 5.69 Å². The quantitative estimate of drug-likeness (QED) is 0.850. The number of aromatic nitrogens is 3. The standard InChI is InChI=1S/C14H17N5OS/c1-9-18-19-13(21-9)5-7-15-11-4-6-16-12(8-11)14(20)17-10-2-3-10/h4,6,8,10H,2-3,5,7H2,1H3,(H,15,16)(H,17,20). The highest BCUT2D eigenvalue weighted by Gasteiger charge is 2.24. The summed E-state index contributed by atoms with van der Waals surface area (Å²) in [7, 11) is 0. The first kappa shape index (κ1) is 13.9. The Kier molecular flexibility index (Phi) is 4.10. The second kappa shape index (κ2) is 6.17. The van der Waals surface area contributed by atoms with Crippen molar-refractivity contribution < 1.29 is 4.79 Å². The molecule has 110 valence electrons. The molecule has 3 rings (SSSR count). The Labute approximate surface area is 127 Å². The maximum Gasteiger partial charge on any atom is 0.270 e. The van der Waals surface area contributed by atoms with Crippen LogP contribution < -0.4 is 10.6 Å². The SMILES string of the molecule is Cc1nnc(CCNc2ccnc(C(=O)NC3CC3)c2)s1. The van der Waals surface area contributed by atoms with Crippen molar-refractivity contribution in [2.75, 3.05) is 11.9 Å². The first-order valence-corrected chi connectivity index (χ1v) is 7.82. The summed E-state index contributed by atoms with van der Waals surface area (Å²) in [6, 6.07) is 3.99. The molecule has 1 fully saturated rings. The minimum atomic E-state index is -0.0964. The topological polar surface area (TPSA) is 79.8 Å². The van der Waals surface area contributed by atoms with Crippen LogP contribution in [0, 0.1) is 6.92 Å². The summed E-state index contributed by atoms with van der Waals surface area (Å²) < 4.78 is 0. The number of hydrogen-bond acceptors (Lipinski definition) is 6. The van der Waals surface area contributed by atoms with E-state index in [4.69, 9.17) is 0 Å². The van der Waals surface area contributed by atoms with Gasteiger partial charge >= 0.3 is 0 Å². The number of nitrogens with zero attached hydrogens (tertiary/aromatic N) is 3. The van der Waals surface area contributed by atoms with Gasteiger partial charge in [0.15, 0.2) is 0 Å². The van der Waals surface area contributed by atoms with Crippen LogP contribution in [0.3, 0.4) is 0 Å². The van der Waals surface area contributed by atoms with E-state index in [1.807, 2.05) is 13.0 Å². The number of hydrogen-bond donors (Lipinski definition) is 2. The van der Waals surface area contributed by atoms with Crippen LogP contribution in [0.5, 0.6) is 0 Å². The molecule has 1 amide bonds. The second-order valence-electron chi connectivity index (χ2n) is 5.07. The van der Waals surface area contributed by atoms with Crippen molar-refractivity contribution in [2.24, 2.45) is 0 Å². The number of carbonyl (C=O) groups is 1. The number of pyridine rings is 1. The lowest BCUT2D eigenvalue weighted by Crippen LogP contribution is -2.26. The molecule has 0 aliphatic heterocycles. The van der Waals surface area contributed by atoms with Crippen LogP contribution in [-0.4, -0.2) is 33.7 Å². The predicted octanol–water partition coefficient (Wildman–Crippen LogP) is 1.79. The molecule has 21 heavy (non-hydrogen) atoms. The first-order valence-electron chi connectivity index (χ1n) is 7.00. The molecule has 2 heterocycles. The Morgan fingerprint density at radius 1 is 1.43 bits per heavy atom. The lowest BCUT2D eigenvalue weighted by atomic mass is 10.3. The van der Waals surface area contributed by atoms with Crippen molar-refractivity contribution in [3.8, 4) is 0 Å². The number of carbonyl (C=O) groups excluding carboxylic acids is 1. The molecule has 0 spiro atoms. The van der Waals surface area contributed by atoms with Gasteiger partial charge in [-0.1, -0.05) is 0 Å². The smallest absolute Gasteiger partial charge is 0.270 e. The molecule has 0 bridgehead atoms. The van der Waals surface area contributed by atoms with Gasteiger partial charge in [0, 0.05) is 30.9 Å². The summed E-state index contributed by atoms with van der Waals surface area (Å²) in [6.45, 7) is 2.70. The molecule has 0 atom stereocenters. The Hall–Kier alpha value is -2.02. The van der Waals surface area contributed by atoms with Gasteiger partial charge in [-0.3, -0.25) is 9.78 Å². The van der Waals surface area contributed by atoms with Crippen molar-refractivity contribution in [1.29, 1.82) is 0 Å². The van der Waals surface area contributed by atoms with E-state index in [-0.39, 0.29) is 5.91 Å². The maximum atomic E-state index is 11.9. The fourth-order valence-corrected chi connectivity index (χ4v) is 2.61. The molecule has 2 aromatic rings. The van der Waals surface area contributed by atoms with Crippen molar-refractivity contribution in [3.63, 3.8) is 0 Å². The third-order valence-corrected chi connectivity index (χ3v) is 4.04. The molecule has 0 radical (unpaired) electrons. The van der Waals surface area contributed by atoms with Crippen LogP contribution >= 0.6 is 11.3 Å². The summed E-state index contributed by atoms with van der Waals surface area (Å²) in [6.07, 6.45) is 4.62.